The summed E-state index contributed by atoms with van der Waals surface area (Å²) in [6, 6.07) is 8.35. The van der Waals surface area contributed by atoms with Crippen LogP contribution in [0.1, 0.15) is 30.4 Å². The highest BCUT2D eigenvalue weighted by Gasteiger charge is 2.22. The lowest BCUT2D eigenvalue weighted by Crippen LogP contribution is -2.14. The van der Waals surface area contributed by atoms with Crippen molar-refractivity contribution in [2.24, 2.45) is 0 Å². The lowest BCUT2D eigenvalue weighted by atomic mass is 10.0. The van der Waals surface area contributed by atoms with Gasteiger partial charge in [-0.3, -0.25) is 4.79 Å². The Labute approximate surface area is 102 Å². The van der Waals surface area contributed by atoms with Gasteiger partial charge in [0.1, 0.15) is 5.78 Å². The van der Waals surface area contributed by atoms with Crippen LogP contribution in [0.2, 0.25) is 0 Å². The summed E-state index contributed by atoms with van der Waals surface area (Å²) in [6.45, 7) is 2.12. The van der Waals surface area contributed by atoms with Gasteiger partial charge in [0, 0.05) is 6.42 Å². The zero-order valence-corrected chi connectivity index (χ0v) is 10.6. The minimum absolute atomic E-state index is 0.295. The molecule has 1 aromatic rings. The van der Waals surface area contributed by atoms with E-state index in [1.165, 1.54) is 23.3 Å². The number of Topliss-reactive ketones (excluding diaryl/α,β-unsaturated/α-hetero) is 1. The maximum absolute atomic E-state index is 11.9. The van der Waals surface area contributed by atoms with Crippen LogP contribution < -0.4 is 0 Å². The van der Waals surface area contributed by atoms with Crippen LogP contribution in [0.5, 0.6) is 0 Å². The van der Waals surface area contributed by atoms with Gasteiger partial charge in [0.2, 0.25) is 0 Å². The van der Waals surface area contributed by atoms with Crippen LogP contribution in [0.25, 0.3) is 0 Å². The van der Waals surface area contributed by atoms with Gasteiger partial charge in [-0.05, 0) is 43.1 Å². The monoisotopic (exact) mass is 234 g/mol. The molecule has 1 aliphatic heterocycles. The predicted molar refractivity (Wildman–Crippen MR) is 70.0 cm³/mol. The summed E-state index contributed by atoms with van der Waals surface area (Å²) in [6.07, 6.45) is 3.92. The Bertz CT molecular complexity index is 367. The average molecular weight is 234 g/mol. The molecule has 1 fully saturated rings. The quantitative estimate of drug-likeness (QED) is 0.794. The van der Waals surface area contributed by atoms with Crippen molar-refractivity contribution in [2.75, 3.05) is 5.75 Å². The Morgan fingerprint density at radius 3 is 2.94 bits per heavy atom. The van der Waals surface area contributed by atoms with Crippen LogP contribution in [-0.4, -0.2) is 16.8 Å². The standard InChI is InChI=1S/C14H18OS/c1-11-5-2-3-6-12(11)8-9-13(15)14-7-4-10-16-14/h2-3,5-6,14H,4,7-10H2,1H3. The molecule has 0 bridgehead atoms. The van der Waals surface area contributed by atoms with Gasteiger partial charge in [0.15, 0.2) is 0 Å². The van der Waals surface area contributed by atoms with Crippen LogP contribution >= 0.6 is 11.8 Å². The van der Waals surface area contributed by atoms with Crippen molar-refractivity contribution < 1.29 is 4.79 Å². The van der Waals surface area contributed by atoms with Crippen LogP contribution in [0.4, 0.5) is 0 Å². The van der Waals surface area contributed by atoms with Crippen molar-refractivity contribution in [3.05, 3.63) is 35.4 Å². The molecule has 1 aliphatic rings. The number of ketones is 1. The molecule has 2 rings (SSSR count). The number of carbonyl (C=O) groups is 1. The second kappa shape index (κ2) is 5.53. The van der Waals surface area contributed by atoms with Gasteiger partial charge >= 0.3 is 0 Å². The summed E-state index contributed by atoms with van der Waals surface area (Å²) in [5.74, 6) is 1.62. The van der Waals surface area contributed by atoms with E-state index in [0.29, 0.717) is 17.5 Å². The molecule has 1 nitrogen and oxygen atoms in total. The summed E-state index contributed by atoms with van der Waals surface area (Å²) >= 11 is 1.84. The largest absolute Gasteiger partial charge is 0.298 e. The van der Waals surface area contributed by atoms with E-state index < -0.39 is 0 Å². The summed E-state index contributed by atoms with van der Waals surface area (Å²) in [5.41, 5.74) is 2.62. The van der Waals surface area contributed by atoms with E-state index in [0.717, 1.165) is 12.8 Å². The smallest absolute Gasteiger partial charge is 0.146 e. The molecule has 0 N–H and O–H groups in total. The molecule has 1 heterocycles. The fourth-order valence-electron chi connectivity index (χ4n) is 2.14. The molecule has 16 heavy (non-hydrogen) atoms. The highest BCUT2D eigenvalue weighted by atomic mass is 32.2. The van der Waals surface area contributed by atoms with Crippen molar-refractivity contribution in [3.63, 3.8) is 0 Å². The molecule has 1 atom stereocenters. The first kappa shape index (κ1) is 11.7. The normalized spacial score (nSPS) is 19.9. The molecular formula is C14H18OS. The van der Waals surface area contributed by atoms with Crippen molar-refractivity contribution in [1.29, 1.82) is 0 Å². The van der Waals surface area contributed by atoms with E-state index >= 15 is 0 Å². The molecule has 0 aliphatic carbocycles. The third-order valence-electron chi connectivity index (χ3n) is 3.19. The van der Waals surface area contributed by atoms with Crippen molar-refractivity contribution in [3.8, 4) is 0 Å². The molecule has 0 spiro atoms. The van der Waals surface area contributed by atoms with E-state index in [9.17, 15) is 4.79 Å². The van der Waals surface area contributed by atoms with E-state index in [1.54, 1.807) is 0 Å². The molecule has 1 aromatic carbocycles. The molecule has 0 amide bonds. The van der Waals surface area contributed by atoms with Crippen LogP contribution in [0.3, 0.4) is 0 Å². The Hall–Kier alpha value is -0.760. The molecule has 0 aromatic heterocycles. The van der Waals surface area contributed by atoms with Crippen molar-refractivity contribution in [2.45, 2.75) is 37.9 Å². The third-order valence-corrected chi connectivity index (χ3v) is 4.62. The van der Waals surface area contributed by atoms with Gasteiger partial charge < -0.3 is 0 Å². The second-order valence-electron chi connectivity index (χ2n) is 4.39. The van der Waals surface area contributed by atoms with Crippen molar-refractivity contribution in [1.82, 2.24) is 0 Å². The third kappa shape index (κ3) is 2.88. The highest BCUT2D eigenvalue weighted by molar-refractivity contribution is 8.00. The number of hydrogen-bond donors (Lipinski definition) is 0. The Balaban J connectivity index is 1.87. The summed E-state index contributed by atoms with van der Waals surface area (Å²) < 4.78 is 0. The lowest BCUT2D eigenvalue weighted by molar-refractivity contribution is -0.118. The van der Waals surface area contributed by atoms with Crippen LogP contribution in [0, 0.1) is 6.92 Å². The Kier molecular flexibility index (Phi) is 4.05. The average Bonchev–Trinajstić information content (AvgIpc) is 2.81. The summed E-state index contributed by atoms with van der Waals surface area (Å²) in [7, 11) is 0. The van der Waals surface area contributed by atoms with Gasteiger partial charge in [0.25, 0.3) is 0 Å². The molecule has 86 valence electrons. The number of rotatable bonds is 4. The topological polar surface area (TPSA) is 17.1 Å². The zero-order valence-electron chi connectivity index (χ0n) is 9.74. The summed E-state index contributed by atoms with van der Waals surface area (Å²) in [5, 5.41) is 0.295. The molecule has 1 saturated heterocycles. The van der Waals surface area contributed by atoms with Crippen LogP contribution in [-0.2, 0) is 11.2 Å². The first-order valence-electron chi connectivity index (χ1n) is 5.96. The predicted octanol–water partition coefficient (Wildman–Crippen LogP) is 3.39. The van der Waals surface area contributed by atoms with E-state index in [2.05, 4.69) is 25.1 Å². The first-order valence-corrected chi connectivity index (χ1v) is 7.01. The number of thioether (sulfide) groups is 1. The van der Waals surface area contributed by atoms with Crippen molar-refractivity contribution >= 4 is 17.5 Å². The first-order chi connectivity index (χ1) is 7.77. The van der Waals surface area contributed by atoms with Gasteiger partial charge in [0.05, 0.1) is 5.25 Å². The van der Waals surface area contributed by atoms with E-state index in [4.69, 9.17) is 0 Å². The fraction of sp³-hybridized carbons (Fsp3) is 0.500. The molecule has 0 radical (unpaired) electrons. The lowest BCUT2D eigenvalue weighted by Gasteiger charge is -2.08. The van der Waals surface area contributed by atoms with E-state index in [-0.39, 0.29) is 0 Å². The highest BCUT2D eigenvalue weighted by Crippen LogP contribution is 2.28. The van der Waals surface area contributed by atoms with Gasteiger partial charge in [-0.25, -0.2) is 0 Å². The number of carbonyl (C=O) groups excluding carboxylic acids is 1. The SMILES string of the molecule is Cc1ccccc1CCC(=O)C1CCCS1. The number of aryl methyl sites for hydroxylation is 2. The van der Waals surface area contributed by atoms with Gasteiger partial charge in [-0.2, -0.15) is 11.8 Å². The molecule has 1 unspecified atom stereocenters. The maximum Gasteiger partial charge on any atom is 0.146 e. The minimum Gasteiger partial charge on any atom is -0.298 e. The van der Waals surface area contributed by atoms with E-state index in [1.807, 2.05) is 17.8 Å². The maximum atomic E-state index is 11.9. The summed E-state index contributed by atoms with van der Waals surface area (Å²) in [4.78, 5) is 11.9. The minimum atomic E-state index is 0.295. The van der Waals surface area contributed by atoms with Gasteiger partial charge in [-0.1, -0.05) is 24.3 Å². The van der Waals surface area contributed by atoms with Gasteiger partial charge in [-0.15, -0.1) is 0 Å². The number of benzene rings is 1. The zero-order chi connectivity index (χ0) is 11.4. The molecule has 0 saturated carbocycles. The number of hydrogen-bond acceptors (Lipinski definition) is 2. The fourth-order valence-corrected chi connectivity index (χ4v) is 3.40. The molecule has 2 heteroatoms. The van der Waals surface area contributed by atoms with Crippen LogP contribution in [0.15, 0.2) is 24.3 Å². The Morgan fingerprint density at radius 2 is 2.25 bits per heavy atom. The Morgan fingerprint density at radius 1 is 1.44 bits per heavy atom. The molecular weight excluding hydrogens is 216 g/mol. The second-order valence-corrected chi connectivity index (χ2v) is 5.71.